The molecule has 0 unspecified atom stereocenters. The summed E-state index contributed by atoms with van der Waals surface area (Å²) in [7, 11) is 0. The van der Waals surface area contributed by atoms with Gasteiger partial charge in [-0.15, -0.1) is 0 Å². The Hall–Kier alpha value is 2.46. The predicted molar refractivity (Wildman–Crippen MR) is 11.5 cm³/mol. The van der Waals surface area contributed by atoms with Gasteiger partial charge in [-0.1, -0.05) is 0 Å². The van der Waals surface area contributed by atoms with Gasteiger partial charge >= 0.3 is 31.9 Å². The fraction of sp³-hybridized carbons (Fsp3) is 0. The molecule has 3 radical (unpaired) electrons. The topological polar surface area (TPSA) is 0 Å². The van der Waals surface area contributed by atoms with Gasteiger partial charge in [-0.05, 0) is 0 Å². The second-order valence-electron chi connectivity index (χ2n) is 0. The van der Waals surface area contributed by atoms with Crippen LogP contribution in [0.4, 0.5) is 0 Å². The Morgan fingerprint density at radius 1 is 1.25 bits per heavy atom. The third-order valence-corrected chi connectivity index (χ3v) is 0. The van der Waals surface area contributed by atoms with E-state index in [0.717, 1.165) is 0 Å². The summed E-state index contributed by atoms with van der Waals surface area (Å²) in [5, 5.41) is 0. The van der Waals surface area contributed by atoms with Crippen molar-refractivity contribution >= 4 is 31.9 Å². The number of hydrogen-bond acceptors (Lipinski definition) is 0. The summed E-state index contributed by atoms with van der Waals surface area (Å²) in [6.07, 6.45) is 0. The third-order valence-electron chi connectivity index (χ3n) is 0. The van der Waals surface area contributed by atoms with Gasteiger partial charge in [-0.25, -0.2) is 0 Å². The van der Waals surface area contributed by atoms with Crippen LogP contribution >= 0.6 is 0 Å². The van der Waals surface area contributed by atoms with Crippen molar-refractivity contribution in [2.45, 2.75) is 0 Å². The molecule has 0 aromatic carbocycles. The van der Waals surface area contributed by atoms with Gasteiger partial charge in [0.1, 0.15) is 0 Å². The van der Waals surface area contributed by atoms with Crippen molar-refractivity contribution in [3.8, 4) is 0 Å². The maximum atomic E-state index is 2.72. The summed E-state index contributed by atoms with van der Waals surface area (Å²) in [5.74, 6) is 0. The quantitative estimate of drug-likeness (QED) is 0.513. The number of rotatable bonds is 0. The van der Waals surface area contributed by atoms with Crippen molar-refractivity contribution < 1.29 is 36.5 Å². The molecule has 0 aliphatic rings. The second-order valence-corrected chi connectivity index (χ2v) is 0. The average molecular weight is 327 g/mol. The van der Waals surface area contributed by atoms with Gasteiger partial charge in [-0.2, -0.15) is 0 Å². The minimum atomic E-state index is 0. The van der Waals surface area contributed by atoms with E-state index in [-0.39, 0.29) is 36.5 Å². The summed E-state index contributed by atoms with van der Waals surface area (Å²) in [6, 6.07) is 0. The first kappa shape index (κ1) is 16.1. The van der Waals surface area contributed by atoms with Gasteiger partial charge in [0.2, 0.25) is 0 Å². The first-order chi connectivity index (χ1) is 1.00. The van der Waals surface area contributed by atoms with Gasteiger partial charge in [0.25, 0.3) is 0 Å². The van der Waals surface area contributed by atoms with Crippen LogP contribution in [0.5, 0.6) is 0 Å². The molecule has 4 heavy (non-hydrogen) atoms. The predicted octanol–water partition coefficient (Wildman–Crippen LogP) is -0.767. The van der Waals surface area contributed by atoms with Crippen LogP contribution in [-0.2, 0) is 36.5 Å². The van der Waals surface area contributed by atoms with E-state index in [9.17, 15) is 0 Å². The van der Waals surface area contributed by atoms with Crippen LogP contribution in [-0.4, -0.2) is 31.9 Å². The maximum absolute atomic E-state index is 2.72. The fourth-order valence-electron chi connectivity index (χ4n) is 0. The van der Waals surface area contributed by atoms with E-state index in [4.69, 9.17) is 0 Å². The fourth-order valence-corrected chi connectivity index (χ4v) is 0. The molecule has 0 heterocycles. The minimum Gasteiger partial charge on any atom is 0 e. The van der Waals surface area contributed by atoms with Crippen LogP contribution in [0.1, 0.15) is 0 Å². The van der Waals surface area contributed by atoms with Gasteiger partial charge in [0.05, 0.1) is 0 Å². The Kier molecular flexibility index (Phi) is 72.2. The van der Waals surface area contributed by atoms with Crippen LogP contribution in [0.15, 0.2) is 0 Å². The molecule has 0 saturated carbocycles. The average Bonchev–Trinajstić information content (AvgIpc) is 1.00. The van der Waals surface area contributed by atoms with Crippen LogP contribution in [0.25, 0.3) is 0 Å². The molecule has 0 spiro atoms. The molecule has 0 aromatic heterocycles. The van der Waals surface area contributed by atoms with Crippen LogP contribution < -0.4 is 0 Å². The van der Waals surface area contributed by atoms with Crippen LogP contribution in [0, 0.1) is 0 Å². The zero-order chi connectivity index (χ0) is 2.00. The van der Waals surface area contributed by atoms with Gasteiger partial charge < -0.3 is 0 Å². The molecule has 23 valence electrons. The van der Waals surface area contributed by atoms with Crippen molar-refractivity contribution in [3.05, 3.63) is 0 Å². The minimum absolute atomic E-state index is 0. The van der Waals surface area contributed by atoms with E-state index < -0.39 is 0 Å². The molecule has 0 atom stereocenters. The summed E-state index contributed by atoms with van der Waals surface area (Å²) in [5.41, 5.74) is 0. The second kappa shape index (κ2) is 17.9. The standard InChI is InChI=1S/Cu.Se.Sn.Zn. The van der Waals surface area contributed by atoms with Crippen LogP contribution in [0.2, 0.25) is 0 Å². The smallest absolute Gasteiger partial charge is 0 e. The summed E-state index contributed by atoms with van der Waals surface area (Å²) < 4.78 is 0. The molecular formula is CuSeSnZn. The Morgan fingerprint density at radius 3 is 1.25 bits per heavy atom. The Balaban J connectivity index is -0.00000000500. The number of hydrogen-bond donors (Lipinski definition) is 0. The van der Waals surface area contributed by atoms with Crippen LogP contribution in [0.3, 0.4) is 0 Å². The van der Waals surface area contributed by atoms with E-state index in [1.165, 1.54) is 19.7 Å². The van der Waals surface area contributed by atoms with Gasteiger partial charge in [0.15, 0.2) is 0 Å². The molecule has 0 amide bonds. The molecule has 0 nitrogen and oxygen atoms in total. The SMILES string of the molecule is [Cu].[Se]=[Sn].[Zn]. The molecule has 0 aromatic rings. The van der Waals surface area contributed by atoms with Crippen molar-refractivity contribution in [2.24, 2.45) is 0 Å². The Bertz CT molecular complexity index is 8.00. The molecule has 0 aliphatic heterocycles. The van der Waals surface area contributed by atoms with Crippen molar-refractivity contribution in [1.29, 1.82) is 0 Å². The zero-order valence-corrected chi connectivity index (χ0v) is 10.4. The molecule has 0 aliphatic carbocycles. The van der Waals surface area contributed by atoms with Gasteiger partial charge in [0, 0.05) is 36.5 Å². The normalized spacial score (nSPS) is 1.00. The molecule has 4 heteroatoms. The molecular weight excluding hydrogens is 327 g/mol. The summed E-state index contributed by atoms with van der Waals surface area (Å²) in [6.45, 7) is 0. The monoisotopic (exact) mass is 327 g/mol. The van der Waals surface area contributed by atoms with E-state index >= 15 is 0 Å². The third kappa shape index (κ3) is 8.82. The van der Waals surface area contributed by atoms with Crippen molar-refractivity contribution in [1.82, 2.24) is 0 Å². The first-order valence-corrected chi connectivity index (χ1v) is 7.12. The zero-order valence-electron chi connectivity index (χ0n) is 1.92. The molecule has 0 bridgehead atoms. The van der Waals surface area contributed by atoms with E-state index in [0.29, 0.717) is 0 Å². The Labute approximate surface area is 67.4 Å². The molecule has 0 fully saturated rings. The summed E-state index contributed by atoms with van der Waals surface area (Å²) in [4.78, 5) is 0. The van der Waals surface area contributed by atoms with Crippen molar-refractivity contribution in [2.75, 3.05) is 0 Å². The van der Waals surface area contributed by atoms with E-state index in [2.05, 4.69) is 12.2 Å². The van der Waals surface area contributed by atoms with E-state index in [1.807, 2.05) is 0 Å². The van der Waals surface area contributed by atoms with Crippen molar-refractivity contribution in [3.63, 3.8) is 0 Å². The Morgan fingerprint density at radius 2 is 1.25 bits per heavy atom. The molecule has 0 saturated heterocycles. The van der Waals surface area contributed by atoms with E-state index in [1.54, 1.807) is 0 Å². The maximum Gasteiger partial charge on any atom is 0 e. The summed E-state index contributed by atoms with van der Waals surface area (Å²) >= 11 is 4.14. The molecule has 0 N–H and O–H groups in total. The first-order valence-electron chi connectivity index (χ1n) is 0.204. The largest absolute Gasteiger partial charge is 0 e. The van der Waals surface area contributed by atoms with Gasteiger partial charge in [-0.3, -0.25) is 0 Å². The molecule has 0 rings (SSSR count).